The van der Waals surface area contributed by atoms with Crippen molar-refractivity contribution >= 4 is 5.82 Å². The van der Waals surface area contributed by atoms with Crippen molar-refractivity contribution in [1.82, 2.24) is 9.97 Å². The molecule has 4 heteroatoms. The fraction of sp³-hybridized carbons (Fsp3) is 0.0556. The van der Waals surface area contributed by atoms with E-state index >= 15 is 0 Å². The molecule has 2 heterocycles. The predicted octanol–water partition coefficient (Wildman–Crippen LogP) is 3.57. The number of anilines is 1. The van der Waals surface area contributed by atoms with Crippen LogP contribution in [-0.2, 0) is 0 Å². The van der Waals surface area contributed by atoms with Gasteiger partial charge < -0.3 is 5.73 Å². The van der Waals surface area contributed by atoms with Gasteiger partial charge in [-0.05, 0) is 36.2 Å². The van der Waals surface area contributed by atoms with Crippen LogP contribution in [0.15, 0.2) is 54.9 Å². The highest BCUT2D eigenvalue weighted by Crippen LogP contribution is 2.32. The minimum atomic E-state index is 0.238. The Bertz CT molecular complexity index is 864. The van der Waals surface area contributed by atoms with Crippen LogP contribution < -0.4 is 5.73 Å². The molecular weight excluding hydrogens is 272 g/mol. The number of nitriles is 1. The van der Waals surface area contributed by atoms with Crippen molar-refractivity contribution in [2.75, 3.05) is 5.73 Å². The highest BCUT2D eigenvalue weighted by molar-refractivity contribution is 5.81. The van der Waals surface area contributed by atoms with Crippen molar-refractivity contribution in [3.8, 4) is 28.5 Å². The lowest BCUT2D eigenvalue weighted by Gasteiger charge is -2.12. The van der Waals surface area contributed by atoms with Gasteiger partial charge in [-0.1, -0.05) is 24.3 Å². The highest BCUT2D eigenvalue weighted by Gasteiger charge is 2.14. The molecule has 4 nitrogen and oxygen atoms in total. The van der Waals surface area contributed by atoms with Gasteiger partial charge in [0.05, 0.1) is 5.69 Å². The largest absolute Gasteiger partial charge is 0.383 e. The van der Waals surface area contributed by atoms with Crippen LogP contribution in [0.4, 0.5) is 5.82 Å². The Morgan fingerprint density at radius 1 is 1.09 bits per heavy atom. The number of nitrogens with two attached hydrogens (primary N) is 1. The van der Waals surface area contributed by atoms with Crippen LogP contribution in [0.2, 0.25) is 0 Å². The van der Waals surface area contributed by atoms with Gasteiger partial charge >= 0.3 is 0 Å². The molecule has 2 aromatic heterocycles. The molecule has 0 amide bonds. The molecule has 0 saturated carbocycles. The number of aryl methyl sites for hydroxylation is 1. The van der Waals surface area contributed by atoms with Gasteiger partial charge in [-0.3, -0.25) is 4.98 Å². The van der Waals surface area contributed by atoms with E-state index in [0.29, 0.717) is 11.3 Å². The molecule has 0 spiro atoms. The number of nitrogens with zero attached hydrogens (tertiary/aromatic N) is 3. The first-order chi connectivity index (χ1) is 10.7. The maximum Gasteiger partial charge on any atom is 0.142 e. The van der Waals surface area contributed by atoms with Crippen molar-refractivity contribution in [3.05, 3.63) is 66.0 Å². The molecule has 106 valence electrons. The van der Waals surface area contributed by atoms with Gasteiger partial charge in [-0.2, -0.15) is 5.26 Å². The van der Waals surface area contributed by atoms with Gasteiger partial charge in [0.1, 0.15) is 17.5 Å². The first-order valence-electron chi connectivity index (χ1n) is 6.87. The molecule has 0 aliphatic carbocycles. The zero-order valence-corrected chi connectivity index (χ0v) is 12.1. The molecule has 0 aliphatic rings. The van der Waals surface area contributed by atoms with Crippen LogP contribution in [0.5, 0.6) is 0 Å². The predicted molar refractivity (Wildman–Crippen MR) is 86.8 cm³/mol. The minimum Gasteiger partial charge on any atom is -0.383 e. The van der Waals surface area contributed by atoms with Crippen molar-refractivity contribution in [2.24, 2.45) is 0 Å². The second kappa shape index (κ2) is 5.66. The monoisotopic (exact) mass is 286 g/mol. The Kier molecular flexibility index (Phi) is 3.55. The zero-order valence-electron chi connectivity index (χ0n) is 12.1. The minimum absolute atomic E-state index is 0.238. The van der Waals surface area contributed by atoms with Crippen LogP contribution >= 0.6 is 0 Å². The van der Waals surface area contributed by atoms with E-state index in [9.17, 15) is 5.26 Å². The summed E-state index contributed by atoms with van der Waals surface area (Å²) in [6, 6.07) is 15.7. The number of hydrogen-bond acceptors (Lipinski definition) is 4. The fourth-order valence-corrected chi connectivity index (χ4v) is 2.43. The highest BCUT2D eigenvalue weighted by atomic mass is 14.8. The molecule has 0 aliphatic heterocycles. The molecule has 2 N–H and O–H groups in total. The lowest BCUT2D eigenvalue weighted by molar-refractivity contribution is 1.27. The van der Waals surface area contributed by atoms with E-state index in [4.69, 9.17) is 5.73 Å². The van der Waals surface area contributed by atoms with E-state index in [1.807, 2.05) is 49.4 Å². The number of hydrogen-bond donors (Lipinski definition) is 1. The van der Waals surface area contributed by atoms with Crippen LogP contribution in [0.3, 0.4) is 0 Å². The lowest BCUT2D eigenvalue weighted by atomic mass is 9.95. The van der Waals surface area contributed by atoms with Gasteiger partial charge in [-0.15, -0.1) is 0 Å². The number of aromatic nitrogens is 2. The summed E-state index contributed by atoms with van der Waals surface area (Å²) in [6.45, 7) is 2.01. The third-order valence-corrected chi connectivity index (χ3v) is 3.55. The lowest BCUT2D eigenvalue weighted by Crippen LogP contribution is -2.00. The van der Waals surface area contributed by atoms with Gasteiger partial charge in [0.2, 0.25) is 0 Å². The van der Waals surface area contributed by atoms with Gasteiger partial charge in [0.25, 0.3) is 0 Å². The average Bonchev–Trinajstić information content (AvgIpc) is 2.55. The van der Waals surface area contributed by atoms with Crippen LogP contribution in [-0.4, -0.2) is 9.97 Å². The van der Waals surface area contributed by atoms with Gasteiger partial charge in [0, 0.05) is 23.5 Å². The Hall–Kier alpha value is -3.19. The topological polar surface area (TPSA) is 75.6 Å². The van der Waals surface area contributed by atoms with E-state index in [0.717, 1.165) is 22.3 Å². The molecule has 3 aromatic rings. The maximum absolute atomic E-state index is 9.43. The van der Waals surface area contributed by atoms with E-state index < -0.39 is 0 Å². The summed E-state index contributed by atoms with van der Waals surface area (Å²) in [6.07, 6.45) is 3.44. The van der Waals surface area contributed by atoms with Crippen molar-refractivity contribution in [1.29, 1.82) is 5.26 Å². The van der Waals surface area contributed by atoms with Crippen LogP contribution in [0, 0.1) is 18.3 Å². The van der Waals surface area contributed by atoms with Gasteiger partial charge in [0.15, 0.2) is 0 Å². The summed E-state index contributed by atoms with van der Waals surface area (Å²) in [4.78, 5) is 8.45. The number of nitrogen functional groups attached to an aromatic ring is 1. The summed E-state index contributed by atoms with van der Waals surface area (Å²) in [7, 11) is 0. The fourth-order valence-electron chi connectivity index (χ4n) is 2.43. The van der Waals surface area contributed by atoms with E-state index in [2.05, 4.69) is 16.0 Å². The molecule has 0 radical (unpaired) electrons. The quantitative estimate of drug-likeness (QED) is 0.781. The molecular formula is C18H14N4. The summed E-state index contributed by atoms with van der Waals surface area (Å²) < 4.78 is 0. The number of pyridine rings is 2. The molecule has 0 unspecified atom stereocenters. The first kappa shape index (κ1) is 13.8. The normalized spacial score (nSPS) is 10.2. The molecule has 0 saturated heterocycles. The summed E-state index contributed by atoms with van der Waals surface area (Å²) in [5, 5.41) is 9.43. The zero-order chi connectivity index (χ0) is 15.5. The SMILES string of the molecule is Cc1ccccc1-c1cc(-c2cccnc2)nc(N)c1C#N. The van der Waals surface area contributed by atoms with Crippen LogP contribution in [0.25, 0.3) is 22.4 Å². The number of benzene rings is 1. The third kappa shape index (κ3) is 2.40. The van der Waals surface area contributed by atoms with E-state index in [1.165, 1.54) is 0 Å². The molecule has 1 aromatic carbocycles. The van der Waals surface area contributed by atoms with Crippen LogP contribution in [0.1, 0.15) is 11.1 Å². The second-order valence-electron chi connectivity index (χ2n) is 4.98. The average molecular weight is 286 g/mol. The molecule has 0 bridgehead atoms. The Balaban J connectivity index is 2.28. The smallest absolute Gasteiger partial charge is 0.142 e. The Morgan fingerprint density at radius 2 is 1.91 bits per heavy atom. The van der Waals surface area contributed by atoms with E-state index in [-0.39, 0.29) is 5.82 Å². The number of rotatable bonds is 2. The maximum atomic E-state index is 9.43. The molecule has 0 fully saturated rings. The van der Waals surface area contributed by atoms with Crippen molar-refractivity contribution in [3.63, 3.8) is 0 Å². The third-order valence-electron chi connectivity index (χ3n) is 3.55. The summed E-state index contributed by atoms with van der Waals surface area (Å²) >= 11 is 0. The molecule has 3 rings (SSSR count). The Morgan fingerprint density at radius 3 is 2.59 bits per heavy atom. The van der Waals surface area contributed by atoms with Crippen molar-refractivity contribution in [2.45, 2.75) is 6.92 Å². The molecule has 22 heavy (non-hydrogen) atoms. The first-order valence-corrected chi connectivity index (χ1v) is 6.87. The molecule has 0 atom stereocenters. The summed E-state index contributed by atoms with van der Waals surface area (Å²) in [5.41, 5.74) is 10.9. The van der Waals surface area contributed by atoms with Gasteiger partial charge in [-0.25, -0.2) is 4.98 Å². The van der Waals surface area contributed by atoms with E-state index in [1.54, 1.807) is 12.4 Å². The standard InChI is InChI=1S/C18H14N4/c1-12-5-2-3-7-14(12)15-9-17(13-6-4-8-21-11-13)22-18(20)16(15)10-19/h2-9,11H,1H3,(H2,20,22). The Labute approximate surface area is 128 Å². The van der Waals surface area contributed by atoms with Crippen molar-refractivity contribution < 1.29 is 0 Å². The summed E-state index contributed by atoms with van der Waals surface area (Å²) in [5.74, 6) is 0.238. The second-order valence-corrected chi connectivity index (χ2v) is 4.98.